The minimum absolute atomic E-state index is 0.0186. The molecule has 2 N–H and O–H groups in total. The highest BCUT2D eigenvalue weighted by Gasteiger charge is 2.34. The standard InChI is InChI=1S/C11H20N2O4/c1-7-4-8(7)6-13(2)11(16)12-5-9(17-3)10(14)15/h7-9H,4-6H2,1-3H3,(H,12,16)(H,14,15). The zero-order valence-electron chi connectivity index (χ0n) is 10.5. The average molecular weight is 244 g/mol. The van der Waals surface area contributed by atoms with Crippen molar-refractivity contribution in [3.05, 3.63) is 0 Å². The Morgan fingerprint density at radius 1 is 1.59 bits per heavy atom. The first-order chi connectivity index (χ1) is 7.95. The molecule has 1 saturated carbocycles. The molecule has 6 heteroatoms. The second-order valence-electron chi connectivity index (χ2n) is 4.60. The lowest BCUT2D eigenvalue weighted by Crippen LogP contribution is -2.44. The number of hydrogen-bond acceptors (Lipinski definition) is 3. The van der Waals surface area contributed by atoms with Gasteiger partial charge in [0, 0.05) is 20.7 Å². The van der Waals surface area contributed by atoms with Gasteiger partial charge in [-0.1, -0.05) is 6.92 Å². The number of rotatable bonds is 6. The Balaban J connectivity index is 2.25. The van der Waals surface area contributed by atoms with Crippen LogP contribution in [0.25, 0.3) is 0 Å². The van der Waals surface area contributed by atoms with E-state index < -0.39 is 12.1 Å². The fourth-order valence-corrected chi connectivity index (χ4v) is 1.67. The maximum absolute atomic E-state index is 11.6. The SMILES string of the molecule is COC(CNC(=O)N(C)CC1CC1C)C(=O)O. The molecule has 1 fully saturated rings. The minimum Gasteiger partial charge on any atom is -0.479 e. The van der Waals surface area contributed by atoms with Crippen molar-refractivity contribution in [2.75, 3.05) is 27.2 Å². The van der Waals surface area contributed by atoms with Crippen molar-refractivity contribution in [3.63, 3.8) is 0 Å². The van der Waals surface area contributed by atoms with E-state index in [-0.39, 0.29) is 12.6 Å². The first kappa shape index (κ1) is 13.8. The summed E-state index contributed by atoms with van der Waals surface area (Å²) in [7, 11) is 3.02. The van der Waals surface area contributed by atoms with Gasteiger partial charge in [-0.2, -0.15) is 0 Å². The highest BCUT2D eigenvalue weighted by atomic mass is 16.5. The van der Waals surface area contributed by atoms with Gasteiger partial charge in [0.2, 0.25) is 0 Å². The molecule has 0 saturated heterocycles. The molecule has 0 heterocycles. The number of methoxy groups -OCH3 is 1. The zero-order chi connectivity index (χ0) is 13.0. The molecule has 1 rings (SSSR count). The van der Waals surface area contributed by atoms with E-state index in [2.05, 4.69) is 12.2 Å². The molecular weight excluding hydrogens is 224 g/mol. The second kappa shape index (κ2) is 5.86. The van der Waals surface area contributed by atoms with Gasteiger partial charge in [0.05, 0.1) is 6.54 Å². The highest BCUT2D eigenvalue weighted by molar-refractivity contribution is 5.76. The third kappa shape index (κ3) is 4.22. The summed E-state index contributed by atoms with van der Waals surface area (Å²) in [5.74, 6) is 0.200. The molecule has 3 unspecified atom stereocenters. The molecule has 6 nitrogen and oxygen atoms in total. The molecule has 0 aliphatic heterocycles. The van der Waals surface area contributed by atoms with Crippen LogP contribution < -0.4 is 5.32 Å². The lowest BCUT2D eigenvalue weighted by atomic mass is 10.3. The quantitative estimate of drug-likeness (QED) is 0.708. The Bertz CT molecular complexity index is 295. The van der Waals surface area contributed by atoms with Crippen molar-refractivity contribution in [1.29, 1.82) is 0 Å². The predicted octanol–water partition coefficient (Wildman–Crippen LogP) is 0.383. The number of amides is 2. The molecule has 2 amide bonds. The number of urea groups is 1. The number of carboxylic acids is 1. The van der Waals surface area contributed by atoms with E-state index in [9.17, 15) is 9.59 Å². The Morgan fingerprint density at radius 3 is 2.59 bits per heavy atom. The number of carbonyl (C=O) groups is 2. The van der Waals surface area contributed by atoms with Gasteiger partial charge in [0.1, 0.15) is 0 Å². The van der Waals surface area contributed by atoms with Crippen LogP contribution in [0, 0.1) is 11.8 Å². The van der Waals surface area contributed by atoms with Crippen molar-refractivity contribution in [2.45, 2.75) is 19.4 Å². The lowest BCUT2D eigenvalue weighted by molar-refractivity contribution is -0.148. The van der Waals surface area contributed by atoms with Gasteiger partial charge in [-0.15, -0.1) is 0 Å². The van der Waals surface area contributed by atoms with Crippen LogP contribution in [0.15, 0.2) is 0 Å². The normalized spacial score (nSPS) is 23.9. The van der Waals surface area contributed by atoms with Crippen LogP contribution in [0.2, 0.25) is 0 Å². The molecule has 0 spiro atoms. The fourth-order valence-electron chi connectivity index (χ4n) is 1.67. The molecular formula is C11H20N2O4. The number of ether oxygens (including phenoxy) is 1. The average Bonchev–Trinajstić information content (AvgIpc) is 2.94. The maximum atomic E-state index is 11.6. The first-order valence-electron chi connectivity index (χ1n) is 5.70. The molecule has 3 atom stereocenters. The molecule has 1 aliphatic carbocycles. The predicted molar refractivity (Wildman–Crippen MR) is 61.7 cm³/mol. The van der Waals surface area contributed by atoms with Gasteiger partial charge in [-0.05, 0) is 18.3 Å². The van der Waals surface area contributed by atoms with Crippen LogP contribution in [-0.4, -0.2) is 55.4 Å². The Hall–Kier alpha value is -1.30. The minimum atomic E-state index is -1.08. The molecule has 0 aromatic rings. The van der Waals surface area contributed by atoms with E-state index in [0.29, 0.717) is 11.8 Å². The first-order valence-corrected chi connectivity index (χ1v) is 5.70. The van der Waals surface area contributed by atoms with Gasteiger partial charge in [0.15, 0.2) is 6.10 Å². The van der Waals surface area contributed by atoms with Crippen molar-refractivity contribution < 1.29 is 19.4 Å². The van der Waals surface area contributed by atoms with Gasteiger partial charge < -0.3 is 20.1 Å². The van der Waals surface area contributed by atoms with E-state index in [0.717, 1.165) is 13.0 Å². The van der Waals surface area contributed by atoms with E-state index in [4.69, 9.17) is 9.84 Å². The molecule has 98 valence electrons. The Morgan fingerprint density at radius 2 is 2.18 bits per heavy atom. The molecule has 0 bridgehead atoms. The zero-order valence-corrected chi connectivity index (χ0v) is 10.5. The summed E-state index contributed by atoms with van der Waals surface area (Å²) in [6.45, 7) is 2.86. The molecule has 0 aromatic carbocycles. The lowest BCUT2D eigenvalue weighted by Gasteiger charge is -2.19. The molecule has 1 aliphatic rings. The summed E-state index contributed by atoms with van der Waals surface area (Å²) in [4.78, 5) is 23.9. The highest BCUT2D eigenvalue weighted by Crippen LogP contribution is 2.37. The van der Waals surface area contributed by atoms with Crippen molar-refractivity contribution in [2.24, 2.45) is 11.8 Å². The van der Waals surface area contributed by atoms with E-state index in [1.165, 1.54) is 7.11 Å². The van der Waals surface area contributed by atoms with Gasteiger partial charge >= 0.3 is 12.0 Å². The summed E-state index contributed by atoms with van der Waals surface area (Å²) < 4.78 is 4.72. The monoisotopic (exact) mass is 244 g/mol. The number of carbonyl (C=O) groups excluding carboxylic acids is 1. The third-order valence-corrected chi connectivity index (χ3v) is 3.13. The van der Waals surface area contributed by atoms with Crippen LogP contribution in [0.5, 0.6) is 0 Å². The summed E-state index contributed by atoms with van der Waals surface area (Å²) in [5.41, 5.74) is 0. The Kier molecular flexibility index (Phi) is 4.74. The van der Waals surface area contributed by atoms with E-state index in [1.807, 2.05) is 0 Å². The van der Waals surface area contributed by atoms with Crippen molar-refractivity contribution >= 4 is 12.0 Å². The van der Waals surface area contributed by atoms with Crippen LogP contribution in [0.1, 0.15) is 13.3 Å². The van der Waals surface area contributed by atoms with Crippen molar-refractivity contribution in [3.8, 4) is 0 Å². The number of carboxylic acid groups (broad SMARTS) is 1. The topological polar surface area (TPSA) is 78.9 Å². The Labute approximate surface area is 101 Å². The second-order valence-corrected chi connectivity index (χ2v) is 4.60. The molecule has 17 heavy (non-hydrogen) atoms. The van der Waals surface area contributed by atoms with E-state index >= 15 is 0 Å². The maximum Gasteiger partial charge on any atom is 0.334 e. The van der Waals surface area contributed by atoms with Crippen LogP contribution in [0.4, 0.5) is 4.79 Å². The number of nitrogens with one attached hydrogen (secondary N) is 1. The van der Waals surface area contributed by atoms with E-state index in [1.54, 1.807) is 11.9 Å². The fraction of sp³-hybridized carbons (Fsp3) is 0.818. The van der Waals surface area contributed by atoms with Gasteiger partial charge in [-0.25, -0.2) is 9.59 Å². The van der Waals surface area contributed by atoms with Gasteiger partial charge in [0.25, 0.3) is 0 Å². The van der Waals surface area contributed by atoms with Crippen LogP contribution in [-0.2, 0) is 9.53 Å². The van der Waals surface area contributed by atoms with Crippen molar-refractivity contribution in [1.82, 2.24) is 10.2 Å². The smallest absolute Gasteiger partial charge is 0.334 e. The third-order valence-electron chi connectivity index (χ3n) is 3.13. The number of hydrogen-bond donors (Lipinski definition) is 2. The summed E-state index contributed by atoms with van der Waals surface area (Å²) >= 11 is 0. The molecule has 0 aromatic heterocycles. The van der Waals surface area contributed by atoms with Crippen LogP contribution >= 0.6 is 0 Å². The van der Waals surface area contributed by atoms with Crippen LogP contribution in [0.3, 0.4) is 0 Å². The summed E-state index contributed by atoms with van der Waals surface area (Å²) in [5, 5.41) is 11.3. The largest absolute Gasteiger partial charge is 0.479 e. The summed E-state index contributed by atoms with van der Waals surface area (Å²) in [6.07, 6.45) is 0.167. The number of nitrogens with zero attached hydrogens (tertiary/aromatic N) is 1. The molecule has 0 radical (unpaired) electrons. The summed E-state index contributed by atoms with van der Waals surface area (Å²) in [6, 6.07) is -0.257. The number of aliphatic carboxylic acids is 1. The van der Waals surface area contributed by atoms with Gasteiger partial charge in [-0.3, -0.25) is 0 Å².